The molecule has 6 rings (SSSR count). The molecule has 2 saturated heterocycles. The summed E-state index contributed by atoms with van der Waals surface area (Å²) in [6.07, 6.45) is 10.3. The van der Waals surface area contributed by atoms with Crippen LogP contribution in [0, 0.1) is 17.6 Å². The standard InChI is InChI=1S/C24H25F2N7/c1-16-6-9-30(14-16)18-12-27-33(15-18)22-13-28-32-10-7-23(29-24(22)32)31-8-2-3-21(31)19-11-17(25)4-5-20(19)26/h4-5,7,10-13,15-16,21H,2-3,6,8-9,14H2,1H3/t16?,21-/m0/s1. The Bertz CT molecular complexity index is 1310. The minimum Gasteiger partial charge on any atom is -0.369 e. The summed E-state index contributed by atoms with van der Waals surface area (Å²) >= 11 is 0. The molecule has 7 nitrogen and oxygen atoms in total. The van der Waals surface area contributed by atoms with Crippen molar-refractivity contribution in [1.29, 1.82) is 0 Å². The summed E-state index contributed by atoms with van der Waals surface area (Å²) in [7, 11) is 0. The summed E-state index contributed by atoms with van der Waals surface area (Å²) in [6, 6.07) is 5.27. The fraction of sp³-hybridized carbons (Fsp3) is 0.375. The Balaban J connectivity index is 1.35. The molecule has 170 valence electrons. The van der Waals surface area contributed by atoms with Crippen molar-refractivity contribution in [2.24, 2.45) is 5.92 Å². The molecule has 0 spiro atoms. The number of benzene rings is 1. The quantitative estimate of drug-likeness (QED) is 0.463. The van der Waals surface area contributed by atoms with Gasteiger partial charge in [-0.05, 0) is 49.4 Å². The van der Waals surface area contributed by atoms with Crippen LogP contribution in [0.25, 0.3) is 11.3 Å². The van der Waals surface area contributed by atoms with Crippen LogP contribution in [0.5, 0.6) is 0 Å². The molecular weight excluding hydrogens is 424 g/mol. The molecule has 2 fully saturated rings. The van der Waals surface area contributed by atoms with E-state index in [0.717, 1.165) is 55.7 Å². The topological polar surface area (TPSA) is 54.5 Å². The Labute approximate surface area is 190 Å². The summed E-state index contributed by atoms with van der Waals surface area (Å²) < 4.78 is 31.9. The lowest BCUT2D eigenvalue weighted by atomic mass is 10.0. The summed E-state index contributed by atoms with van der Waals surface area (Å²) in [4.78, 5) is 9.27. The van der Waals surface area contributed by atoms with Gasteiger partial charge in [0.05, 0.1) is 30.3 Å². The van der Waals surface area contributed by atoms with Gasteiger partial charge in [-0.25, -0.2) is 23.0 Å². The molecule has 0 amide bonds. The van der Waals surface area contributed by atoms with E-state index < -0.39 is 5.82 Å². The second-order valence-electron chi connectivity index (χ2n) is 9.08. The number of halogens is 2. The van der Waals surface area contributed by atoms with Gasteiger partial charge in [0.25, 0.3) is 0 Å². The van der Waals surface area contributed by atoms with Crippen LogP contribution in [0.1, 0.15) is 37.8 Å². The third kappa shape index (κ3) is 3.51. The summed E-state index contributed by atoms with van der Waals surface area (Å²) in [5.41, 5.74) is 2.92. The van der Waals surface area contributed by atoms with Crippen LogP contribution < -0.4 is 9.80 Å². The van der Waals surface area contributed by atoms with Gasteiger partial charge in [-0.1, -0.05) is 6.92 Å². The van der Waals surface area contributed by atoms with Crippen molar-refractivity contribution >= 4 is 17.2 Å². The first-order chi connectivity index (χ1) is 16.1. The lowest BCUT2D eigenvalue weighted by Gasteiger charge is -2.26. The van der Waals surface area contributed by atoms with E-state index >= 15 is 0 Å². The van der Waals surface area contributed by atoms with Gasteiger partial charge in [0, 0.05) is 31.4 Å². The van der Waals surface area contributed by atoms with Crippen LogP contribution in [0.15, 0.2) is 49.1 Å². The Hall–Kier alpha value is -3.49. The molecule has 5 heterocycles. The average Bonchev–Trinajstić information content (AvgIpc) is 3.60. The van der Waals surface area contributed by atoms with Gasteiger partial charge < -0.3 is 9.80 Å². The lowest BCUT2D eigenvalue weighted by molar-refractivity contribution is 0.560. The molecule has 0 saturated carbocycles. The highest BCUT2D eigenvalue weighted by Gasteiger charge is 2.30. The zero-order valence-electron chi connectivity index (χ0n) is 18.4. The molecule has 1 aromatic carbocycles. The van der Waals surface area contributed by atoms with Crippen LogP contribution in [0.2, 0.25) is 0 Å². The van der Waals surface area contributed by atoms with Crippen LogP contribution >= 0.6 is 0 Å². The van der Waals surface area contributed by atoms with Gasteiger partial charge in [0.2, 0.25) is 0 Å². The zero-order valence-corrected chi connectivity index (χ0v) is 18.4. The molecular formula is C24H25F2N7. The summed E-state index contributed by atoms with van der Waals surface area (Å²) in [6.45, 7) is 5.07. The Kier molecular flexibility index (Phi) is 4.78. The number of hydrogen-bond acceptors (Lipinski definition) is 5. The molecule has 4 aromatic rings. The molecule has 9 heteroatoms. The predicted octanol–water partition coefficient (Wildman–Crippen LogP) is 4.38. The van der Waals surface area contributed by atoms with E-state index in [-0.39, 0.29) is 11.9 Å². The fourth-order valence-corrected chi connectivity index (χ4v) is 5.08. The summed E-state index contributed by atoms with van der Waals surface area (Å²) in [5, 5.41) is 9.00. The van der Waals surface area contributed by atoms with Gasteiger partial charge in [-0.15, -0.1) is 0 Å². The molecule has 33 heavy (non-hydrogen) atoms. The van der Waals surface area contributed by atoms with Crippen molar-refractivity contribution in [3.05, 3.63) is 66.3 Å². The molecule has 0 aliphatic carbocycles. The van der Waals surface area contributed by atoms with E-state index in [4.69, 9.17) is 4.98 Å². The largest absolute Gasteiger partial charge is 0.369 e. The van der Waals surface area contributed by atoms with Crippen molar-refractivity contribution in [1.82, 2.24) is 24.4 Å². The van der Waals surface area contributed by atoms with Gasteiger partial charge in [0.15, 0.2) is 5.65 Å². The second-order valence-corrected chi connectivity index (χ2v) is 9.08. The van der Waals surface area contributed by atoms with Crippen LogP contribution in [0.4, 0.5) is 20.3 Å². The monoisotopic (exact) mass is 449 g/mol. The third-order valence-corrected chi connectivity index (χ3v) is 6.80. The number of aromatic nitrogens is 5. The minimum absolute atomic E-state index is 0.254. The van der Waals surface area contributed by atoms with E-state index in [1.165, 1.54) is 18.6 Å². The number of hydrogen-bond donors (Lipinski definition) is 0. The molecule has 2 atom stereocenters. The highest BCUT2D eigenvalue weighted by molar-refractivity contribution is 5.62. The molecule has 1 unspecified atom stereocenters. The van der Waals surface area contributed by atoms with Gasteiger partial charge in [0.1, 0.15) is 23.1 Å². The van der Waals surface area contributed by atoms with Crippen molar-refractivity contribution < 1.29 is 8.78 Å². The van der Waals surface area contributed by atoms with E-state index in [2.05, 4.69) is 26.9 Å². The number of anilines is 2. The van der Waals surface area contributed by atoms with Crippen LogP contribution in [-0.4, -0.2) is 44.0 Å². The maximum absolute atomic E-state index is 14.5. The van der Waals surface area contributed by atoms with E-state index in [9.17, 15) is 8.78 Å². The van der Waals surface area contributed by atoms with Crippen molar-refractivity contribution in [2.45, 2.75) is 32.2 Å². The van der Waals surface area contributed by atoms with E-state index in [1.807, 2.05) is 29.3 Å². The van der Waals surface area contributed by atoms with Crippen LogP contribution in [0.3, 0.4) is 0 Å². The number of rotatable bonds is 4. The maximum atomic E-state index is 14.5. The number of fused-ring (bicyclic) bond motifs is 1. The SMILES string of the molecule is CC1CCN(c2cnn(-c3cnn4ccc(N5CCC[C@H]5c5cc(F)ccc5F)nc34)c2)C1. The molecule has 0 bridgehead atoms. The fourth-order valence-electron chi connectivity index (χ4n) is 5.08. The van der Waals surface area contributed by atoms with Gasteiger partial charge in [-0.2, -0.15) is 10.2 Å². The lowest BCUT2D eigenvalue weighted by Crippen LogP contribution is -2.24. The summed E-state index contributed by atoms with van der Waals surface area (Å²) in [5.74, 6) is 0.586. The van der Waals surface area contributed by atoms with Gasteiger partial charge >= 0.3 is 0 Å². The van der Waals surface area contributed by atoms with Crippen molar-refractivity contribution in [3.8, 4) is 5.69 Å². The zero-order chi connectivity index (χ0) is 22.5. The minimum atomic E-state index is -0.429. The Morgan fingerprint density at radius 3 is 2.79 bits per heavy atom. The third-order valence-electron chi connectivity index (χ3n) is 6.80. The molecule has 0 N–H and O–H groups in total. The first-order valence-corrected chi connectivity index (χ1v) is 11.4. The maximum Gasteiger partial charge on any atom is 0.183 e. The highest BCUT2D eigenvalue weighted by atomic mass is 19.1. The first-order valence-electron chi connectivity index (χ1n) is 11.4. The van der Waals surface area contributed by atoms with E-state index in [1.54, 1.807) is 10.7 Å². The molecule has 2 aliphatic heterocycles. The Morgan fingerprint density at radius 1 is 1.03 bits per heavy atom. The molecule has 3 aromatic heterocycles. The van der Waals surface area contributed by atoms with Crippen LogP contribution in [-0.2, 0) is 0 Å². The first kappa shape index (κ1) is 20.1. The normalized spacial score (nSPS) is 20.9. The molecule has 2 aliphatic rings. The Morgan fingerprint density at radius 2 is 1.94 bits per heavy atom. The van der Waals surface area contributed by atoms with Crippen molar-refractivity contribution in [2.75, 3.05) is 29.4 Å². The predicted molar refractivity (Wildman–Crippen MR) is 122 cm³/mol. The second kappa shape index (κ2) is 7.83. The smallest absolute Gasteiger partial charge is 0.183 e. The van der Waals surface area contributed by atoms with Gasteiger partial charge in [-0.3, -0.25) is 0 Å². The van der Waals surface area contributed by atoms with E-state index in [0.29, 0.717) is 17.1 Å². The number of nitrogens with zero attached hydrogens (tertiary/aromatic N) is 7. The highest BCUT2D eigenvalue weighted by Crippen LogP contribution is 2.37. The average molecular weight is 450 g/mol. The molecule has 0 radical (unpaired) electrons. The van der Waals surface area contributed by atoms with Crippen molar-refractivity contribution in [3.63, 3.8) is 0 Å².